The summed E-state index contributed by atoms with van der Waals surface area (Å²) in [6, 6.07) is 0. The van der Waals surface area contributed by atoms with Crippen molar-refractivity contribution in [2.24, 2.45) is 5.73 Å². The lowest BCUT2D eigenvalue weighted by atomic mass is 10.0. The van der Waals surface area contributed by atoms with Gasteiger partial charge in [0.05, 0.1) is 18.3 Å². The van der Waals surface area contributed by atoms with E-state index in [0.717, 1.165) is 25.7 Å². The lowest BCUT2D eigenvalue weighted by Crippen LogP contribution is -2.41. The number of aliphatic hydroxyl groups is 1. The van der Waals surface area contributed by atoms with Gasteiger partial charge in [0, 0.05) is 19.3 Å². The van der Waals surface area contributed by atoms with Crippen LogP contribution in [0.4, 0.5) is 0 Å². The molecule has 3 N–H and O–H groups in total. The predicted molar refractivity (Wildman–Crippen MR) is 63.3 cm³/mol. The molecule has 0 amide bonds. The maximum Gasteiger partial charge on any atom is 0.0644 e. The molecule has 0 aromatic carbocycles. The average molecular weight is 231 g/mol. The number of ether oxygens (including phenoxy) is 2. The van der Waals surface area contributed by atoms with Crippen molar-refractivity contribution in [2.45, 2.75) is 56.8 Å². The van der Waals surface area contributed by atoms with Crippen LogP contribution >= 0.6 is 0 Å². The van der Waals surface area contributed by atoms with E-state index in [-0.39, 0.29) is 18.3 Å². The summed E-state index contributed by atoms with van der Waals surface area (Å²) >= 11 is 0. The quantitative estimate of drug-likeness (QED) is 0.717. The Bertz CT molecular complexity index is 220. The molecule has 16 heavy (non-hydrogen) atoms. The van der Waals surface area contributed by atoms with Crippen molar-refractivity contribution >= 4 is 0 Å². The van der Waals surface area contributed by atoms with Crippen molar-refractivity contribution in [1.82, 2.24) is 0 Å². The standard InChI is InChI=1S/C12H25NO3/c1-11(2,15-3)6-7-16-10-4-5-12(13,8-10)9-14/h10,14H,4-9,13H2,1-3H3. The fourth-order valence-electron chi connectivity index (χ4n) is 1.97. The minimum Gasteiger partial charge on any atom is -0.394 e. The topological polar surface area (TPSA) is 64.7 Å². The normalized spacial score (nSPS) is 30.9. The summed E-state index contributed by atoms with van der Waals surface area (Å²) < 4.78 is 11.1. The van der Waals surface area contributed by atoms with Gasteiger partial charge in [-0.05, 0) is 39.5 Å². The monoisotopic (exact) mass is 231 g/mol. The minimum atomic E-state index is -0.415. The van der Waals surface area contributed by atoms with Crippen LogP contribution in [0.5, 0.6) is 0 Å². The Morgan fingerprint density at radius 2 is 2.19 bits per heavy atom. The molecule has 2 atom stereocenters. The summed E-state index contributed by atoms with van der Waals surface area (Å²) in [5.41, 5.74) is 5.43. The largest absolute Gasteiger partial charge is 0.394 e. The summed E-state index contributed by atoms with van der Waals surface area (Å²) in [6.07, 6.45) is 3.63. The van der Waals surface area contributed by atoms with E-state index in [2.05, 4.69) is 0 Å². The molecular weight excluding hydrogens is 206 g/mol. The van der Waals surface area contributed by atoms with Gasteiger partial charge in [-0.3, -0.25) is 0 Å². The molecule has 0 spiro atoms. The van der Waals surface area contributed by atoms with E-state index in [1.807, 2.05) is 13.8 Å². The first-order valence-electron chi connectivity index (χ1n) is 5.97. The number of hydrogen-bond acceptors (Lipinski definition) is 4. The third-order valence-electron chi connectivity index (χ3n) is 3.52. The summed E-state index contributed by atoms with van der Waals surface area (Å²) in [6.45, 7) is 4.83. The molecule has 0 radical (unpaired) electrons. The first-order chi connectivity index (χ1) is 7.41. The Morgan fingerprint density at radius 1 is 1.50 bits per heavy atom. The molecule has 96 valence electrons. The van der Waals surface area contributed by atoms with E-state index in [1.165, 1.54) is 0 Å². The van der Waals surface area contributed by atoms with E-state index >= 15 is 0 Å². The second-order valence-corrected chi connectivity index (χ2v) is 5.47. The number of rotatable bonds is 6. The zero-order valence-corrected chi connectivity index (χ0v) is 10.7. The van der Waals surface area contributed by atoms with Gasteiger partial charge in [-0.2, -0.15) is 0 Å². The second kappa shape index (κ2) is 5.45. The molecule has 0 heterocycles. The highest BCUT2D eigenvalue weighted by atomic mass is 16.5. The van der Waals surface area contributed by atoms with Gasteiger partial charge < -0.3 is 20.3 Å². The fourth-order valence-corrected chi connectivity index (χ4v) is 1.97. The van der Waals surface area contributed by atoms with E-state index in [1.54, 1.807) is 7.11 Å². The van der Waals surface area contributed by atoms with Crippen LogP contribution in [0.25, 0.3) is 0 Å². The van der Waals surface area contributed by atoms with Crippen LogP contribution in [0.15, 0.2) is 0 Å². The number of aliphatic hydroxyl groups excluding tert-OH is 1. The summed E-state index contributed by atoms with van der Waals surface area (Å²) in [5.74, 6) is 0. The summed E-state index contributed by atoms with van der Waals surface area (Å²) in [4.78, 5) is 0. The Hall–Kier alpha value is -0.160. The molecule has 1 aliphatic rings. The van der Waals surface area contributed by atoms with Gasteiger partial charge in [0.1, 0.15) is 0 Å². The third-order valence-corrected chi connectivity index (χ3v) is 3.52. The van der Waals surface area contributed by atoms with Gasteiger partial charge in [-0.1, -0.05) is 0 Å². The molecule has 1 saturated carbocycles. The first-order valence-corrected chi connectivity index (χ1v) is 5.97. The van der Waals surface area contributed by atoms with E-state index in [0.29, 0.717) is 6.61 Å². The fraction of sp³-hybridized carbons (Fsp3) is 1.00. The van der Waals surface area contributed by atoms with Crippen LogP contribution in [-0.4, -0.2) is 42.7 Å². The zero-order chi connectivity index (χ0) is 12.2. The number of methoxy groups -OCH3 is 1. The van der Waals surface area contributed by atoms with Crippen molar-refractivity contribution in [2.75, 3.05) is 20.3 Å². The molecule has 4 heteroatoms. The average Bonchev–Trinajstić information content (AvgIpc) is 2.61. The third kappa shape index (κ3) is 4.01. The van der Waals surface area contributed by atoms with Crippen LogP contribution in [0.2, 0.25) is 0 Å². The highest BCUT2D eigenvalue weighted by Gasteiger charge is 2.35. The lowest BCUT2D eigenvalue weighted by molar-refractivity contribution is -0.0267. The SMILES string of the molecule is COC(C)(C)CCOC1CCC(N)(CO)C1. The maximum atomic E-state index is 9.14. The summed E-state index contributed by atoms with van der Waals surface area (Å²) in [7, 11) is 1.71. The van der Waals surface area contributed by atoms with E-state index < -0.39 is 5.54 Å². The number of nitrogens with two attached hydrogens (primary N) is 1. The molecule has 1 rings (SSSR count). The molecule has 0 aromatic rings. The molecule has 2 unspecified atom stereocenters. The van der Waals surface area contributed by atoms with Crippen molar-refractivity contribution < 1.29 is 14.6 Å². The van der Waals surface area contributed by atoms with Gasteiger partial charge in [0.2, 0.25) is 0 Å². The van der Waals surface area contributed by atoms with Crippen molar-refractivity contribution in [3.8, 4) is 0 Å². The van der Waals surface area contributed by atoms with Gasteiger partial charge in [0.15, 0.2) is 0 Å². The van der Waals surface area contributed by atoms with E-state index in [4.69, 9.17) is 20.3 Å². The van der Waals surface area contributed by atoms with Crippen LogP contribution in [-0.2, 0) is 9.47 Å². The van der Waals surface area contributed by atoms with Crippen LogP contribution in [0.1, 0.15) is 39.5 Å². The van der Waals surface area contributed by atoms with Crippen molar-refractivity contribution in [3.05, 3.63) is 0 Å². The molecule has 4 nitrogen and oxygen atoms in total. The molecule has 1 fully saturated rings. The molecule has 1 aliphatic carbocycles. The molecule has 0 saturated heterocycles. The first kappa shape index (κ1) is 13.9. The van der Waals surface area contributed by atoms with Crippen LogP contribution in [0.3, 0.4) is 0 Å². The van der Waals surface area contributed by atoms with Crippen molar-refractivity contribution in [1.29, 1.82) is 0 Å². The van der Waals surface area contributed by atoms with Gasteiger partial charge in [-0.25, -0.2) is 0 Å². The maximum absolute atomic E-state index is 9.14. The Labute approximate surface area is 98.1 Å². The Balaban J connectivity index is 2.21. The second-order valence-electron chi connectivity index (χ2n) is 5.47. The highest BCUT2D eigenvalue weighted by Crippen LogP contribution is 2.29. The summed E-state index contributed by atoms with van der Waals surface area (Å²) in [5, 5.41) is 9.14. The van der Waals surface area contributed by atoms with Crippen molar-refractivity contribution in [3.63, 3.8) is 0 Å². The van der Waals surface area contributed by atoms with E-state index in [9.17, 15) is 0 Å². The Kier molecular flexibility index (Phi) is 4.73. The van der Waals surface area contributed by atoms with Crippen LogP contribution < -0.4 is 5.73 Å². The number of hydrogen-bond donors (Lipinski definition) is 2. The Morgan fingerprint density at radius 3 is 2.69 bits per heavy atom. The predicted octanol–water partition coefficient (Wildman–Crippen LogP) is 1.06. The van der Waals surface area contributed by atoms with Gasteiger partial charge in [0.25, 0.3) is 0 Å². The van der Waals surface area contributed by atoms with Gasteiger partial charge in [-0.15, -0.1) is 0 Å². The zero-order valence-electron chi connectivity index (χ0n) is 10.7. The molecular formula is C12H25NO3. The molecule has 0 aromatic heterocycles. The molecule has 0 aliphatic heterocycles. The highest BCUT2D eigenvalue weighted by molar-refractivity contribution is 4.93. The van der Waals surface area contributed by atoms with Crippen LogP contribution in [0, 0.1) is 0 Å². The smallest absolute Gasteiger partial charge is 0.0644 e. The van der Waals surface area contributed by atoms with Gasteiger partial charge >= 0.3 is 0 Å². The lowest BCUT2D eigenvalue weighted by Gasteiger charge is -2.24. The molecule has 0 bridgehead atoms. The minimum absolute atomic E-state index is 0.0520.